The predicted molar refractivity (Wildman–Crippen MR) is 88.4 cm³/mol. The molecule has 114 valence electrons. The number of ether oxygens (including phenoxy) is 2. The van der Waals surface area contributed by atoms with Gasteiger partial charge < -0.3 is 14.8 Å². The Morgan fingerprint density at radius 1 is 1.05 bits per heavy atom. The van der Waals surface area contributed by atoms with Crippen LogP contribution in [0.15, 0.2) is 30.3 Å². The van der Waals surface area contributed by atoms with Gasteiger partial charge in [0.05, 0.1) is 7.11 Å². The number of hydrogen-bond donors (Lipinski definition) is 1. The van der Waals surface area contributed by atoms with E-state index in [1.807, 2.05) is 12.1 Å². The fraction of sp³-hybridized carbons (Fsp3) is 0.412. The minimum Gasteiger partial charge on any atom is -0.493 e. The van der Waals surface area contributed by atoms with Crippen LogP contribution in [0.25, 0.3) is 0 Å². The Kier molecular flexibility index (Phi) is 6.08. The van der Waals surface area contributed by atoms with E-state index in [4.69, 9.17) is 9.47 Å². The van der Waals surface area contributed by atoms with Gasteiger partial charge in [0.25, 0.3) is 0 Å². The van der Waals surface area contributed by atoms with Crippen molar-refractivity contribution in [3.8, 4) is 11.5 Å². The first-order valence-corrected chi connectivity index (χ1v) is 8.16. The summed E-state index contributed by atoms with van der Waals surface area (Å²) in [7, 11) is 1.68. The van der Waals surface area contributed by atoms with Crippen molar-refractivity contribution >= 4 is 11.3 Å². The van der Waals surface area contributed by atoms with Crippen molar-refractivity contribution in [2.24, 2.45) is 0 Å². The molecule has 1 heterocycles. The molecule has 0 saturated carbocycles. The van der Waals surface area contributed by atoms with E-state index in [1.54, 1.807) is 18.4 Å². The smallest absolute Gasteiger partial charge is 0.161 e. The fourth-order valence-electron chi connectivity index (χ4n) is 2.05. The van der Waals surface area contributed by atoms with Crippen LogP contribution in [0.4, 0.5) is 0 Å². The van der Waals surface area contributed by atoms with Gasteiger partial charge in [0.1, 0.15) is 6.61 Å². The topological polar surface area (TPSA) is 30.5 Å². The molecule has 0 aliphatic carbocycles. The SMILES string of the molecule is CCNCc1ccc(OCc2ccc(CC)s2)c(OC)c1. The maximum atomic E-state index is 5.90. The lowest BCUT2D eigenvalue weighted by Crippen LogP contribution is -2.11. The molecule has 0 bridgehead atoms. The highest BCUT2D eigenvalue weighted by Crippen LogP contribution is 2.29. The summed E-state index contributed by atoms with van der Waals surface area (Å²) in [6.45, 7) is 6.66. The number of nitrogens with one attached hydrogen (secondary N) is 1. The molecule has 0 saturated heterocycles. The zero-order chi connectivity index (χ0) is 15.1. The highest BCUT2D eigenvalue weighted by atomic mass is 32.1. The van der Waals surface area contributed by atoms with Crippen LogP contribution >= 0.6 is 11.3 Å². The molecule has 2 aromatic rings. The summed E-state index contributed by atoms with van der Waals surface area (Å²) < 4.78 is 11.3. The Bertz CT molecular complexity index is 566. The molecule has 4 heteroatoms. The Labute approximate surface area is 130 Å². The van der Waals surface area contributed by atoms with E-state index in [0.29, 0.717) is 6.61 Å². The molecule has 21 heavy (non-hydrogen) atoms. The van der Waals surface area contributed by atoms with Crippen molar-refractivity contribution in [1.29, 1.82) is 0 Å². The summed E-state index contributed by atoms with van der Waals surface area (Å²) in [5.74, 6) is 1.59. The quantitative estimate of drug-likeness (QED) is 0.799. The van der Waals surface area contributed by atoms with E-state index in [1.165, 1.54) is 15.3 Å². The molecule has 0 fully saturated rings. The number of benzene rings is 1. The van der Waals surface area contributed by atoms with Crippen molar-refractivity contribution in [3.63, 3.8) is 0 Å². The van der Waals surface area contributed by atoms with E-state index >= 15 is 0 Å². The Morgan fingerprint density at radius 2 is 1.86 bits per heavy atom. The van der Waals surface area contributed by atoms with E-state index in [2.05, 4.69) is 37.4 Å². The lowest BCUT2D eigenvalue weighted by molar-refractivity contribution is 0.287. The maximum Gasteiger partial charge on any atom is 0.161 e. The van der Waals surface area contributed by atoms with Gasteiger partial charge >= 0.3 is 0 Å². The van der Waals surface area contributed by atoms with Crippen LogP contribution in [0.5, 0.6) is 11.5 Å². The average molecular weight is 305 g/mol. The van der Waals surface area contributed by atoms with Crippen LogP contribution in [0.2, 0.25) is 0 Å². The van der Waals surface area contributed by atoms with Gasteiger partial charge in [-0.2, -0.15) is 0 Å². The van der Waals surface area contributed by atoms with E-state index in [0.717, 1.165) is 31.0 Å². The molecule has 0 radical (unpaired) electrons. The van der Waals surface area contributed by atoms with Crippen molar-refractivity contribution in [2.75, 3.05) is 13.7 Å². The number of aryl methyl sites for hydroxylation is 1. The highest BCUT2D eigenvalue weighted by molar-refractivity contribution is 7.11. The first-order valence-electron chi connectivity index (χ1n) is 7.34. The van der Waals surface area contributed by atoms with Gasteiger partial charge in [-0.25, -0.2) is 0 Å². The van der Waals surface area contributed by atoms with Crippen molar-refractivity contribution in [1.82, 2.24) is 5.32 Å². The third-order valence-electron chi connectivity index (χ3n) is 3.24. The first-order chi connectivity index (χ1) is 10.3. The maximum absolute atomic E-state index is 5.90. The molecule has 0 aliphatic rings. The van der Waals surface area contributed by atoms with Crippen LogP contribution in [0.3, 0.4) is 0 Å². The van der Waals surface area contributed by atoms with Gasteiger partial charge in [0, 0.05) is 16.3 Å². The summed E-state index contributed by atoms with van der Waals surface area (Å²) in [4.78, 5) is 2.63. The van der Waals surface area contributed by atoms with Crippen LogP contribution in [-0.2, 0) is 19.6 Å². The summed E-state index contributed by atoms with van der Waals surface area (Å²) in [6.07, 6.45) is 1.08. The average Bonchev–Trinajstić information content (AvgIpc) is 2.99. The van der Waals surface area contributed by atoms with E-state index in [-0.39, 0.29) is 0 Å². The third kappa shape index (κ3) is 4.48. The predicted octanol–water partition coefficient (Wildman–Crippen LogP) is 4.01. The fourth-order valence-corrected chi connectivity index (χ4v) is 2.92. The monoisotopic (exact) mass is 305 g/mol. The number of thiophene rings is 1. The molecular formula is C17H23NO2S. The summed E-state index contributed by atoms with van der Waals surface area (Å²) >= 11 is 1.80. The normalized spacial score (nSPS) is 10.6. The molecule has 0 spiro atoms. The highest BCUT2D eigenvalue weighted by Gasteiger charge is 2.07. The van der Waals surface area contributed by atoms with Gasteiger partial charge in [-0.05, 0) is 42.8 Å². The number of methoxy groups -OCH3 is 1. The van der Waals surface area contributed by atoms with E-state index < -0.39 is 0 Å². The summed E-state index contributed by atoms with van der Waals surface area (Å²) in [5, 5.41) is 3.31. The van der Waals surface area contributed by atoms with Crippen LogP contribution in [0.1, 0.15) is 29.2 Å². The van der Waals surface area contributed by atoms with Crippen molar-refractivity contribution in [2.45, 2.75) is 33.4 Å². The molecule has 3 nitrogen and oxygen atoms in total. The second-order valence-corrected chi connectivity index (χ2v) is 6.03. The molecule has 0 amide bonds. The van der Waals surface area contributed by atoms with Crippen molar-refractivity contribution < 1.29 is 9.47 Å². The molecule has 0 aliphatic heterocycles. The zero-order valence-corrected chi connectivity index (χ0v) is 13.8. The molecule has 2 rings (SSSR count). The van der Waals surface area contributed by atoms with Crippen LogP contribution in [-0.4, -0.2) is 13.7 Å². The van der Waals surface area contributed by atoms with Crippen molar-refractivity contribution in [3.05, 3.63) is 45.6 Å². The van der Waals surface area contributed by atoms with Gasteiger partial charge in [-0.15, -0.1) is 11.3 Å². The van der Waals surface area contributed by atoms with Gasteiger partial charge in [0.15, 0.2) is 11.5 Å². The molecule has 1 aromatic heterocycles. The Balaban J connectivity index is 2.01. The molecule has 1 aromatic carbocycles. The first kappa shape index (κ1) is 15.9. The van der Waals surface area contributed by atoms with Gasteiger partial charge in [0.2, 0.25) is 0 Å². The summed E-state index contributed by atoms with van der Waals surface area (Å²) in [6, 6.07) is 10.4. The third-order valence-corrected chi connectivity index (χ3v) is 4.45. The summed E-state index contributed by atoms with van der Waals surface area (Å²) in [5.41, 5.74) is 1.20. The van der Waals surface area contributed by atoms with Gasteiger partial charge in [-0.1, -0.05) is 19.9 Å². The number of rotatable bonds is 8. The lowest BCUT2D eigenvalue weighted by atomic mass is 10.2. The zero-order valence-electron chi connectivity index (χ0n) is 12.9. The molecule has 0 atom stereocenters. The second-order valence-electron chi connectivity index (χ2n) is 4.78. The van der Waals surface area contributed by atoms with E-state index in [9.17, 15) is 0 Å². The molecule has 0 unspecified atom stereocenters. The Morgan fingerprint density at radius 3 is 2.52 bits per heavy atom. The standard InChI is InChI=1S/C17H23NO2S/c1-4-14-7-8-15(21-14)12-20-16-9-6-13(11-18-5-2)10-17(16)19-3/h6-10,18H,4-5,11-12H2,1-3H3. The second kappa shape index (κ2) is 8.05. The minimum atomic E-state index is 0.591. The largest absolute Gasteiger partial charge is 0.493 e. The lowest BCUT2D eigenvalue weighted by Gasteiger charge is -2.12. The molecular weight excluding hydrogens is 282 g/mol. The van der Waals surface area contributed by atoms with Crippen LogP contribution in [0, 0.1) is 0 Å². The number of hydrogen-bond acceptors (Lipinski definition) is 4. The molecule has 1 N–H and O–H groups in total. The van der Waals surface area contributed by atoms with Gasteiger partial charge in [-0.3, -0.25) is 0 Å². The van der Waals surface area contributed by atoms with Crippen LogP contribution < -0.4 is 14.8 Å². The minimum absolute atomic E-state index is 0.591. The Hall–Kier alpha value is -1.52.